The van der Waals surface area contributed by atoms with Crippen molar-refractivity contribution in [3.8, 4) is 0 Å². The van der Waals surface area contributed by atoms with Crippen molar-refractivity contribution in [2.24, 2.45) is 0 Å². The highest BCUT2D eigenvalue weighted by atomic mass is 35.5. The topological polar surface area (TPSA) is 102 Å². The van der Waals surface area contributed by atoms with Crippen LogP contribution in [0.5, 0.6) is 0 Å². The Labute approximate surface area is 157 Å². The number of hydrogen-bond acceptors (Lipinski definition) is 6. The van der Waals surface area contributed by atoms with Crippen molar-refractivity contribution in [2.45, 2.75) is 24.8 Å². The van der Waals surface area contributed by atoms with Gasteiger partial charge in [-0.1, -0.05) is 11.6 Å². The number of hydrogen-bond donors (Lipinski definition) is 1. The second kappa shape index (κ2) is 8.81. The monoisotopic (exact) mass is 404 g/mol. The van der Waals surface area contributed by atoms with Crippen LogP contribution in [0.2, 0.25) is 5.02 Å². The molecule has 2 rings (SSSR count). The molecule has 1 aliphatic rings. The van der Waals surface area contributed by atoms with Crippen LogP contribution in [0.15, 0.2) is 23.1 Å². The van der Waals surface area contributed by atoms with Gasteiger partial charge in [-0.05, 0) is 32.0 Å². The molecule has 0 unspecified atom stereocenters. The molecule has 144 valence electrons. The highest BCUT2D eigenvalue weighted by Gasteiger charge is 2.29. The first kappa shape index (κ1) is 20.6. The van der Waals surface area contributed by atoms with E-state index in [9.17, 15) is 18.0 Å². The molecule has 26 heavy (non-hydrogen) atoms. The molecular formula is C16H21ClN2O6S. The summed E-state index contributed by atoms with van der Waals surface area (Å²) in [5.41, 5.74) is -0.00242. The first-order chi connectivity index (χ1) is 12.3. The summed E-state index contributed by atoms with van der Waals surface area (Å²) < 4.78 is 37.0. The summed E-state index contributed by atoms with van der Waals surface area (Å²) in [6, 6.07) is 3.84. The molecule has 1 aromatic rings. The molecule has 10 heteroatoms. The van der Waals surface area contributed by atoms with Crippen molar-refractivity contribution in [1.29, 1.82) is 0 Å². The summed E-state index contributed by atoms with van der Waals surface area (Å²) in [7, 11) is -3.87. The minimum Gasteiger partial charge on any atom is -0.449 e. The minimum atomic E-state index is -3.87. The number of benzene rings is 1. The highest BCUT2D eigenvalue weighted by Crippen LogP contribution is 2.27. The number of esters is 1. The predicted octanol–water partition coefficient (Wildman–Crippen LogP) is 1.04. The van der Waals surface area contributed by atoms with E-state index in [4.69, 9.17) is 21.1 Å². The van der Waals surface area contributed by atoms with Gasteiger partial charge in [-0.25, -0.2) is 13.2 Å². The standard InChI is InChI=1S/C16H21ClN2O6S/c1-3-18-15(20)11(2)25-16(21)12-4-5-13(17)14(10-12)26(22,23)19-6-8-24-9-7-19/h4-5,10-11H,3,6-9H2,1-2H3,(H,18,20)/t11-/m1/s1. The molecule has 1 N–H and O–H groups in total. The molecule has 1 aliphatic heterocycles. The van der Waals surface area contributed by atoms with E-state index in [1.54, 1.807) is 6.92 Å². The summed E-state index contributed by atoms with van der Waals surface area (Å²) in [4.78, 5) is 23.8. The molecular weight excluding hydrogens is 384 g/mol. The number of nitrogens with zero attached hydrogens (tertiary/aromatic N) is 1. The third kappa shape index (κ3) is 4.73. The van der Waals surface area contributed by atoms with Gasteiger partial charge in [0.2, 0.25) is 10.0 Å². The lowest BCUT2D eigenvalue weighted by molar-refractivity contribution is -0.128. The summed E-state index contributed by atoms with van der Waals surface area (Å²) in [5, 5.41) is 2.54. The number of ether oxygens (including phenoxy) is 2. The van der Waals surface area contributed by atoms with Crippen molar-refractivity contribution in [3.05, 3.63) is 28.8 Å². The lowest BCUT2D eigenvalue weighted by Crippen LogP contribution is -2.40. The third-order valence-corrected chi connectivity index (χ3v) is 6.14. The summed E-state index contributed by atoms with van der Waals surface area (Å²) in [6.07, 6.45) is -1.00. The molecule has 1 fully saturated rings. The van der Waals surface area contributed by atoms with Gasteiger partial charge in [0, 0.05) is 19.6 Å². The van der Waals surface area contributed by atoms with Crippen LogP contribution in [0.1, 0.15) is 24.2 Å². The largest absolute Gasteiger partial charge is 0.449 e. The van der Waals surface area contributed by atoms with Crippen LogP contribution in [-0.2, 0) is 24.3 Å². The zero-order valence-electron chi connectivity index (χ0n) is 14.5. The van der Waals surface area contributed by atoms with E-state index in [1.807, 2.05) is 0 Å². The first-order valence-corrected chi connectivity index (χ1v) is 9.95. The SMILES string of the molecule is CCNC(=O)[C@@H](C)OC(=O)c1ccc(Cl)c(S(=O)(=O)N2CCOCC2)c1. The number of likely N-dealkylation sites (N-methyl/N-ethyl adjacent to an activating group) is 1. The second-order valence-electron chi connectivity index (χ2n) is 5.60. The average molecular weight is 405 g/mol. The number of morpholine rings is 1. The zero-order valence-corrected chi connectivity index (χ0v) is 16.1. The van der Waals surface area contributed by atoms with Gasteiger partial charge < -0.3 is 14.8 Å². The Bertz CT molecular complexity index is 777. The molecule has 8 nitrogen and oxygen atoms in total. The maximum absolute atomic E-state index is 12.8. The number of halogens is 1. The van der Waals surface area contributed by atoms with Crippen molar-refractivity contribution in [3.63, 3.8) is 0 Å². The molecule has 0 saturated carbocycles. The number of sulfonamides is 1. The number of rotatable bonds is 6. The van der Waals surface area contributed by atoms with E-state index in [0.717, 1.165) is 0 Å². The lowest BCUT2D eigenvalue weighted by Gasteiger charge is -2.26. The quantitative estimate of drug-likeness (QED) is 0.711. The van der Waals surface area contributed by atoms with Crippen LogP contribution in [-0.4, -0.2) is 63.6 Å². The van der Waals surface area contributed by atoms with Gasteiger partial charge in [-0.2, -0.15) is 4.31 Å². The van der Waals surface area contributed by atoms with Crippen molar-refractivity contribution in [1.82, 2.24) is 9.62 Å². The van der Waals surface area contributed by atoms with Crippen LogP contribution in [0, 0.1) is 0 Å². The van der Waals surface area contributed by atoms with E-state index >= 15 is 0 Å². The average Bonchev–Trinajstić information content (AvgIpc) is 2.62. The molecule has 1 atom stereocenters. The van der Waals surface area contributed by atoms with Crippen molar-refractivity contribution >= 4 is 33.5 Å². The van der Waals surface area contributed by atoms with Crippen molar-refractivity contribution in [2.75, 3.05) is 32.8 Å². The summed E-state index contributed by atoms with van der Waals surface area (Å²) in [5.74, 6) is -1.24. The van der Waals surface area contributed by atoms with Crippen LogP contribution in [0.25, 0.3) is 0 Å². The number of carbonyl (C=O) groups excluding carboxylic acids is 2. The molecule has 1 aromatic carbocycles. The Hall–Kier alpha value is -1.68. The van der Waals surface area contributed by atoms with Gasteiger partial charge in [-0.15, -0.1) is 0 Å². The van der Waals surface area contributed by atoms with E-state index < -0.39 is 28.0 Å². The molecule has 0 spiro atoms. The fourth-order valence-electron chi connectivity index (χ4n) is 2.35. The fraction of sp³-hybridized carbons (Fsp3) is 0.500. The Morgan fingerprint density at radius 3 is 2.62 bits per heavy atom. The number of carbonyl (C=O) groups is 2. The number of amides is 1. The Balaban J connectivity index is 2.23. The molecule has 0 aromatic heterocycles. The summed E-state index contributed by atoms with van der Waals surface area (Å²) >= 11 is 6.05. The molecule has 1 heterocycles. The fourth-order valence-corrected chi connectivity index (χ4v) is 4.26. The van der Waals surface area contributed by atoms with E-state index in [2.05, 4.69) is 5.32 Å². The van der Waals surface area contributed by atoms with Gasteiger partial charge in [0.1, 0.15) is 4.90 Å². The van der Waals surface area contributed by atoms with E-state index in [1.165, 1.54) is 29.4 Å². The molecule has 1 saturated heterocycles. The van der Waals surface area contributed by atoms with Crippen LogP contribution < -0.4 is 5.32 Å². The molecule has 0 aliphatic carbocycles. The maximum Gasteiger partial charge on any atom is 0.338 e. The van der Waals surface area contributed by atoms with Gasteiger partial charge in [0.15, 0.2) is 6.10 Å². The van der Waals surface area contributed by atoms with Crippen LogP contribution >= 0.6 is 11.6 Å². The Morgan fingerprint density at radius 2 is 2.00 bits per heavy atom. The lowest BCUT2D eigenvalue weighted by atomic mass is 10.2. The Kier molecular flexibility index (Phi) is 6.99. The zero-order chi connectivity index (χ0) is 19.3. The molecule has 0 bridgehead atoms. The third-order valence-electron chi connectivity index (χ3n) is 3.76. The maximum atomic E-state index is 12.8. The Morgan fingerprint density at radius 1 is 1.35 bits per heavy atom. The van der Waals surface area contributed by atoms with Gasteiger partial charge >= 0.3 is 5.97 Å². The van der Waals surface area contributed by atoms with E-state index in [-0.39, 0.29) is 28.6 Å². The highest BCUT2D eigenvalue weighted by molar-refractivity contribution is 7.89. The second-order valence-corrected chi connectivity index (χ2v) is 7.92. The summed E-state index contributed by atoms with van der Waals surface area (Å²) in [6.45, 7) is 4.59. The molecule has 0 radical (unpaired) electrons. The van der Waals surface area contributed by atoms with Gasteiger partial charge in [-0.3, -0.25) is 4.79 Å². The van der Waals surface area contributed by atoms with Gasteiger partial charge in [0.05, 0.1) is 23.8 Å². The smallest absolute Gasteiger partial charge is 0.338 e. The van der Waals surface area contributed by atoms with Crippen molar-refractivity contribution < 1.29 is 27.5 Å². The van der Waals surface area contributed by atoms with Crippen LogP contribution in [0.3, 0.4) is 0 Å². The van der Waals surface area contributed by atoms with Gasteiger partial charge in [0.25, 0.3) is 5.91 Å². The minimum absolute atomic E-state index is 0.00242. The predicted molar refractivity (Wildman–Crippen MR) is 94.6 cm³/mol. The number of nitrogens with one attached hydrogen (secondary N) is 1. The molecule has 1 amide bonds. The van der Waals surface area contributed by atoms with E-state index in [0.29, 0.717) is 19.8 Å². The normalized spacial score (nSPS) is 16.7. The van der Waals surface area contributed by atoms with Crippen LogP contribution in [0.4, 0.5) is 0 Å². The first-order valence-electron chi connectivity index (χ1n) is 8.13.